The summed E-state index contributed by atoms with van der Waals surface area (Å²) < 4.78 is 0. The Kier molecular flexibility index (Phi) is 5.59. The minimum atomic E-state index is -0.147. The first-order valence-corrected chi connectivity index (χ1v) is 6.74. The maximum atomic E-state index is 12.0. The van der Waals surface area contributed by atoms with Crippen molar-refractivity contribution >= 4 is 11.8 Å². The molecule has 1 aliphatic rings. The molecule has 18 heavy (non-hydrogen) atoms. The van der Waals surface area contributed by atoms with Crippen LogP contribution >= 0.6 is 0 Å². The van der Waals surface area contributed by atoms with E-state index in [0.717, 1.165) is 19.3 Å². The van der Waals surface area contributed by atoms with Gasteiger partial charge >= 0.3 is 0 Å². The van der Waals surface area contributed by atoms with Crippen LogP contribution in [0.2, 0.25) is 0 Å². The molecule has 0 aromatic carbocycles. The molecule has 3 unspecified atom stereocenters. The monoisotopic (exact) mass is 255 g/mol. The fourth-order valence-electron chi connectivity index (χ4n) is 2.44. The maximum Gasteiger partial charge on any atom is 0.239 e. The van der Waals surface area contributed by atoms with Crippen molar-refractivity contribution in [1.29, 1.82) is 0 Å². The zero-order valence-electron chi connectivity index (χ0n) is 11.5. The highest BCUT2D eigenvalue weighted by Crippen LogP contribution is 2.28. The van der Waals surface area contributed by atoms with Gasteiger partial charge in [-0.05, 0) is 32.6 Å². The highest BCUT2D eigenvalue weighted by molar-refractivity contribution is 5.86. The fraction of sp³-hybridized carbons (Fsp3) is 0.846. The lowest BCUT2D eigenvalue weighted by atomic mass is 9.77. The van der Waals surface area contributed by atoms with E-state index in [-0.39, 0.29) is 42.3 Å². The zero-order valence-corrected chi connectivity index (χ0v) is 11.5. The highest BCUT2D eigenvalue weighted by atomic mass is 16.2. The van der Waals surface area contributed by atoms with Gasteiger partial charge in [-0.2, -0.15) is 0 Å². The summed E-state index contributed by atoms with van der Waals surface area (Å²) in [5.74, 6) is -0.0600. The lowest BCUT2D eigenvalue weighted by Gasteiger charge is -2.32. The first-order chi connectivity index (χ1) is 8.41. The Balaban J connectivity index is 2.38. The molecular weight excluding hydrogens is 230 g/mol. The fourth-order valence-corrected chi connectivity index (χ4v) is 2.44. The first-order valence-electron chi connectivity index (χ1n) is 6.74. The number of amides is 2. The first kappa shape index (κ1) is 15.0. The zero-order chi connectivity index (χ0) is 13.7. The van der Waals surface area contributed by atoms with Crippen molar-refractivity contribution < 1.29 is 9.59 Å². The minimum Gasteiger partial charge on any atom is -0.352 e. The average molecular weight is 255 g/mol. The smallest absolute Gasteiger partial charge is 0.239 e. The van der Waals surface area contributed by atoms with Gasteiger partial charge < -0.3 is 16.4 Å². The van der Waals surface area contributed by atoms with E-state index in [9.17, 15) is 9.59 Å². The van der Waals surface area contributed by atoms with Gasteiger partial charge in [0.25, 0.3) is 0 Å². The summed E-state index contributed by atoms with van der Waals surface area (Å²) in [6.45, 7) is 5.85. The lowest BCUT2D eigenvalue weighted by molar-refractivity contribution is -0.130. The third-order valence-electron chi connectivity index (χ3n) is 3.57. The van der Waals surface area contributed by atoms with Crippen molar-refractivity contribution in [2.24, 2.45) is 17.6 Å². The average Bonchev–Trinajstić information content (AvgIpc) is 2.29. The second kappa shape index (κ2) is 6.73. The molecule has 0 spiro atoms. The van der Waals surface area contributed by atoms with Gasteiger partial charge in [0.15, 0.2) is 0 Å². The van der Waals surface area contributed by atoms with E-state index in [4.69, 9.17) is 5.73 Å². The van der Waals surface area contributed by atoms with E-state index in [0.29, 0.717) is 0 Å². The molecule has 104 valence electrons. The molecule has 5 heteroatoms. The molecule has 0 radical (unpaired) electrons. The summed E-state index contributed by atoms with van der Waals surface area (Å²) in [7, 11) is 0. The molecule has 0 bridgehead atoms. The summed E-state index contributed by atoms with van der Waals surface area (Å²) in [6.07, 6.45) is 2.84. The molecule has 1 aliphatic carbocycles. The maximum absolute atomic E-state index is 12.0. The van der Waals surface area contributed by atoms with Crippen LogP contribution in [0, 0.1) is 11.8 Å². The van der Waals surface area contributed by atoms with E-state index in [1.807, 2.05) is 20.8 Å². The summed E-state index contributed by atoms with van der Waals surface area (Å²) in [4.78, 5) is 23.4. The van der Waals surface area contributed by atoms with Crippen molar-refractivity contribution in [3.63, 3.8) is 0 Å². The van der Waals surface area contributed by atoms with Crippen molar-refractivity contribution in [3.8, 4) is 0 Å². The number of carbonyl (C=O) groups is 2. The van der Waals surface area contributed by atoms with Crippen LogP contribution in [0.4, 0.5) is 0 Å². The number of hydrogen-bond acceptors (Lipinski definition) is 3. The summed E-state index contributed by atoms with van der Waals surface area (Å²) in [5, 5.41) is 5.44. The molecule has 1 saturated carbocycles. The topological polar surface area (TPSA) is 84.2 Å². The van der Waals surface area contributed by atoms with Gasteiger partial charge in [0, 0.05) is 18.0 Å². The van der Waals surface area contributed by atoms with Crippen molar-refractivity contribution in [2.75, 3.05) is 6.54 Å². The van der Waals surface area contributed by atoms with Crippen LogP contribution in [0.1, 0.15) is 40.0 Å². The molecule has 0 heterocycles. The molecule has 3 atom stereocenters. The quantitative estimate of drug-likeness (QED) is 0.679. The molecule has 2 amide bonds. The van der Waals surface area contributed by atoms with Crippen LogP contribution in [0.15, 0.2) is 0 Å². The van der Waals surface area contributed by atoms with E-state index in [1.54, 1.807) is 0 Å². The van der Waals surface area contributed by atoms with Crippen molar-refractivity contribution in [1.82, 2.24) is 10.6 Å². The predicted molar refractivity (Wildman–Crippen MR) is 70.8 cm³/mol. The third kappa shape index (κ3) is 4.29. The second-order valence-corrected chi connectivity index (χ2v) is 5.50. The molecule has 5 nitrogen and oxygen atoms in total. The number of nitrogens with one attached hydrogen (secondary N) is 2. The van der Waals surface area contributed by atoms with Gasteiger partial charge in [-0.3, -0.25) is 9.59 Å². The van der Waals surface area contributed by atoms with Gasteiger partial charge in [-0.25, -0.2) is 0 Å². The van der Waals surface area contributed by atoms with E-state index >= 15 is 0 Å². The Morgan fingerprint density at radius 1 is 1.33 bits per heavy atom. The van der Waals surface area contributed by atoms with Crippen molar-refractivity contribution in [2.45, 2.75) is 52.1 Å². The molecule has 0 saturated heterocycles. The lowest BCUT2D eigenvalue weighted by Crippen LogP contribution is -2.47. The van der Waals surface area contributed by atoms with Gasteiger partial charge in [0.2, 0.25) is 11.8 Å². The number of hydrogen-bond donors (Lipinski definition) is 3. The molecule has 0 aromatic heterocycles. The number of nitrogens with two attached hydrogens (primary N) is 1. The number of rotatable bonds is 4. The molecule has 1 fully saturated rings. The normalized spacial score (nSPS) is 27.9. The Hall–Kier alpha value is -1.10. The highest BCUT2D eigenvalue weighted by Gasteiger charge is 2.32. The largest absolute Gasteiger partial charge is 0.352 e. The van der Waals surface area contributed by atoms with Crippen LogP contribution in [-0.2, 0) is 9.59 Å². The van der Waals surface area contributed by atoms with Crippen LogP contribution in [0.3, 0.4) is 0 Å². The van der Waals surface area contributed by atoms with Gasteiger partial charge in [0.05, 0.1) is 6.54 Å². The Labute approximate surface area is 109 Å². The minimum absolute atomic E-state index is 0.0449. The molecule has 1 rings (SSSR count). The van der Waals surface area contributed by atoms with E-state index in [2.05, 4.69) is 10.6 Å². The van der Waals surface area contributed by atoms with Crippen LogP contribution in [0.5, 0.6) is 0 Å². The van der Waals surface area contributed by atoms with Gasteiger partial charge in [-0.1, -0.05) is 13.3 Å². The summed E-state index contributed by atoms with van der Waals surface area (Å²) >= 11 is 0. The SMILES string of the molecule is CC(C)NC(=O)CNC(=O)C1CCCC(N)C1C. The Bertz CT molecular complexity index is 305. The standard InChI is InChI=1S/C13H25N3O2/c1-8(2)16-12(17)7-15-13(18)10-5-4-6-11(14)9(10)3/h8-11H,4-7,14H2,1-3H3,(H,15,18)(H,16,17). The van der Waals surface area contributed by atoms with Crippen LogP contribution in [-0.4, -0.2) is 30.4 Å². The van der Waals surface area contributed by atoms with Crippen LogP contribution < -0.4 is 16.4 Å². The van der Waals surface area contributed by atoms with E-state index in [1.165, 1.54) is 0 Å². The molecule has 0 aliphatic heterocycles. The molecule has 0 aromatic rings. The predicted octanol–water partition coefficient (Wildman–Crippen LogP) is 0.391. The van der Waals surface area contributed by atoms with Crippen molar-refractivity contribution in [3.05, 3.63) is 0 Å². The summed E-state index contributed by atoms with van der Waals surface area (Å²) in [6, 6.07) is 0.190. The van der Waals surface area contributed by atoms with E-state index < -0.39 is 0 Å². The Morgan fingerprint density at radius 3 is 2.61 bits per heavy atom. The molecular formula is C13H25N3O2. The van der Waals surface area contributed by atoms with Crippen LogP contribution in [0.25, 0.3) is 0 Å². The Morgan fingerprint density at radius 2 is 2.00 bits per heavy atom. The van der Waals surface area contributed by atoms with Gasteiger partial charge in [-0.15, -0.1) is 0 Å². The summed E-state index contributed by atoms with van der Waals surface area (Å²) in [5.41, 5.74) is 5.97. The van der Waals surface area contributed by atoms with Gasteiger partial charge in [0.1, 0.15) is 0 Å². The third-order valence-corrected chi connectivity index (χ3v) is 3.57. The molecule has 4 N–H and O–H groups in total. The number of carbonyl (C=O) groups excluding carboxylic acids is 2. The second-order valence-electron chi connectivity index (χ2n) is 5.50.